The molecule has 2 heterocycles. The average molecular weight is 421 g/mol. The van der Waals surface area contributed by atoms with E-state index in [0.29, 0.717) is 24.6 Å². The number of hydrogen-bond acceptors (Lipinski definition) is 3. The lowest BCUT2D eigenvalue weighted by molar-refractivity contribution is 0.150. The largest absolute Gasteiger partial charge is 0.493 e. The van der Waals surface area contributed by atoms with Crippen molar-refractivity contribution in [1.29, 1.82) is 0 Å². The van der Waals surface area contributed by atoms with Crippen LogP contribution in [0.4, 0.5) is 4.79 Å². The van der Waals surface area contributed by atoms with Crippen LogP contribution in [0.2, 0.25) is 0 Å². The highest BCUT2D eigenvalue weighted by molar-refractivity contribution is 5.94. The predicted molar refractivity (Wildman–Crippen MR) is 123 cm³/mol. The summed E-state index contributed by atoms with van der Waals surface area (Å²) in [4.78, 5) is 16.3. The molecule has 31 heavy (non-hydrogen) atoms. The summed E-state index contributed by atoms with van der Waals surface area (Å²) in [6.45, 7) is 5.24. The van der Waals surface area contributed by atoms with E-state index in [1.807, 2.05) is 24.3 Å². The maximum atomic E-state index is 11.2. The van der Waals surface area contributed by atoms with E-state index < -0.39 is 6.09 Å². The molecule has 1 aliphatic heterocycles. The molecule has 0 saturated heterocycles. The predicted octanol–water partition coefficient (Wildman–Crippen LogP) is 5.49. The van der Waals surface area contributed by atoms with Gasteiger partial charge in [-0.2, -0.15) is 0 Å². The summed E-state index contributed by atoms with van der Waals surface area (Å²) in [5.41, 5.74) is 8.10. The number of hydrogen-bond donors (Lipinski definition) is 2. The van der Waals surface area contributed by atoms with Gasteiger partial charge in [-0.25, -0.2) is 4.79 Å². The van der Waals surface area contributed by atoms with Crippen LogP contribution in [0.3, 0.4) is 0 Å². The molecule has 2 aromatic carbocycles. The number of aryl methyl sites for hydroxylation is 2. The van der Waals surface area contributed by atoms with E-state index in [9.17, 15) is 9.90 Å². The fourth-order valence-corrected chi connectivity index (χ4v) is 4.44. The Morgan fingerprint density at radius 1 is 1.16 bits per heavy atom. The van der Waals surface area contributed by atoms with Crippen LogP contribution in [0, 0.1) is 6.92 Å². The number of H-pyrrole nitrogens is 1. The van der Waals surface area contributed by atoms with E-state index in [4.69, 9.17) is 9.47 Å². The Kier molecular flexibility index (Phi) is 5.63. The lowest BCUT2D eigenvalue weighted by Gasteiger charge is -2.24. The van der Waals surface area contributed by atoms with E-state index in [1.165, 1.54) is 32.5 Å². The lowest BCUT2D eigenvalue weighted by atomic mass is 9.93. The average Bonchev–Trinajstić information content (AvgIpc) is 3.15. The van der Waals surface area contributed by atoms with Gasteiger partial charge in [0.1, 0.15) is 0 Å². The van der Waals surface area contributed by atoms with Crippen molar-refractivity contribution < 1.29 is 19.4 Å². The third-order valence-corrected chi connectivity index (χ3v) is 6.10. The van der Waals surface area contributed by atoms with Gasteiger partial charge in [-0.15, -0.1) is 0 Å². The zero-order valence-electron chi connectivity index (χ0n) is 18.4. The summed E-state index contributed by atoms with van der Waals surface area (Å²) >= 11 is 0. The Hall–Kier alpha value is -3.41. The highest BCUT2D eigenvalue weighted by Crippen LogP contribution is 2.38. The SMILES string of the molecule is CCc1c(-c2ccc(OC)c(OC)c2)[nH]c2cc(C)c(C3=CCN(C(=O)O)CC3)cc12. The van der Waals surface area contributed by atoms with Crippen molar-refractivity contribution in [2.24, 2.45) is 0 Å². The first-order valence-corrected chi connectivity index (χ1v) is 10.5. The van der Waals surface area contributed by atoms with Crippen LogP contribution in [0.25, 0.3) is 27.7 Å². The Balaban J connectivity index is 1.80. The molecule has 4 rings (SSSR count). The summed E-state index contributed by atoms with van der Waals surface area (Å²) in [5.74, 6) is 1.41. The summed E-state index contributed by atoms with van der Waals surface area (Å²) in [5, 5.41) is 10.4. The fraction of sp³-hybridized carbons (Fsp3) is 0.320. The number of carboxylic acid groups (broad SMARTS) is 1. The van der Waals surface area contributed by atoms with Crippen LogP contribution in [0.1, 0.15) is 30.0 Å². The minimum absolute atomic E-state index is 0.437. The minimum atomic E-state index is -0.860. The second-order valence-corrected chi connectivity index (χ2v) is 7.82. The van der Waals surface area contributed by atoms with Crippen molar-refractivity contribution in [2.45, 2.75) is 26.7 Å². The van der Waals surface area contributed by atoms with Crippen molar-refractivity contribution in [3.63, 3.8) is 0 Å². The monoisotopic (exact) mass is 420 g/mol. The van der Waals surface area contributed by atoms with Gasteiger partial charge in [0.25, 0.3) is 0 Å². The number of benzene rings is 2. The zero-order valence-corrected chi connectivity index (χ0v) is 18.4. The minimum Gasteiger partial charge on any atom is -0.493 e. The molecular weight excluding hydrogens is 392 g/mol. The Morgan fingerprint density at radius 3 is 2.55 bits per heavy atom. The lowest BCUT2D eigenvalue weighted by Crippen LogP contribution is -2.33. The number of nitrogens with one attached hydrogen (secondary N) is 1. The van der Waals surface area contributed by atoms with Crippen LogP contribution >= 0.6 is 0 Å². The van der Waals surface area contributed by atoms with Gasteiger partial charge < -0.3 is 24.5 Å². The zero-order chi connectivity index (χ0) is 22.1. The first-order valence-electron chi connectivity index (χ1n) is 10.5. The molecule has 0 bridgehead atoms. The number of amides is 1. The van der Waals surface area contributed by atoms with Gasteiger partial charge in [0, 0.05) is 35.2 Å². The quantitative estimate of drug-likeness (QED) is 0.572. The number of carbonyl (C=O) groups is 1. The van der Waals surface area contributed by atoms with Crippen LogP contribution < -0.4 is 9.47 Å². The number of aromatic amines is 1. The molecule has 3 aromatic rings. The molecule has 0 aliphatic carbocycles. The molecule has 1 aliphatic rings. The standard InChI is InChI=1S/C25H28N2O4/c1-5-18-20-14-19(16-8-10-27(11-9-16)25(28)29)15(2)12-21(20)26-24(18)17-6-7-22(30-3)23(13-17)31-4/h6-8,12-14,26H,5,9-11H2,1-4H3,(H,28,29). The number of nitrogens with zero attached hydrogens (tertiary/aromatic N) is 1. The first kappa shape index (κ1) is 20.8. The van der Waals surface area contributed by atoms with Crippen molar-refractivity contribution in [1.82, 2.24) is 9.88 Å². The summed E-state index contributed by atoms with van der Waals surface area (Å²) in [6, 6.07) is 10.4. The molecule has 1 aromatic heterocycles. The molecule has 0 radical (unpaired) electrons. The number of fused-ring (bicyclic) bond motifs is 1. The molecule has 0 fully saturated rings. The van der Waals surface area contributed by atoms with Crippen LogP contribution in [0.15, 0.2) is 36.4 Å². The van der Waals surface area contributed by atoms with Crippen molar-refractivity contribution >= 4 is 22.6 Å². The molecule has 162 valence electrons. The number of rotatable bonds is 5. The normalized spacial score (nSPS) is 13.9. The summed E-state index contributed by atoms with van der Waals surface area (Å²) < 4.78 is 10.9. The molecule has 0 unspecified atom stereocenters. The molecule has 6 heteroatoms. The highest BCUT2D eigenvalue weighted by atomic mass is 16.5. The van der Waals surface area contributed by atoms with Gasteiger partial charge in [-0.1, -0.05) is 13.0 Å². The fourth-order valence-electron chi connectivity index (χ4n) is 4.44. The maximum Gasteiger partial charge on any atom is 0.407 e. The Bertz CT molecular complexity index is 1180. The number of methoxy groups -OCH3 is 2. The molecule has 0 saturated carbocycles. The number of aromatic nitrogens is 1. The third kappa shape index (κ3) is 3.74. The topological polar surface area (TPSA) is 74.8 Å². The van der Waals surface area contributed by atoms with Gasteiger partial charge >= 0.3 is 6.09 Å². The second kappa shape index (κ2) is 8.38. The maximum absolute atomic E-state index is 11.2. The van der Waals surface area contributed by atoms with Gasteiger partial charge in [-0.05, 0) is 72.4 Å². The van der Waals surface area contributed by atoms with Crippen molar-refractivity contribution in [3.05, 3.63) is 53.1 Å². The third-order valence-electron chi connectivity index (χ3n) is 6.10. The Morgan fingerprint density at radius 2 is 1.94 bits per heavy atom. The van der Waals surface area contributed by atoms with Crippen LogP contribution in [0.5, 0.6) is 11.5 Å². The van der Waals surface area contributed by atoms with Gasteiger partial charge in [0.15, 0.2) is 11.5 Å². The van der Waals surface area contributed by atoms with Gasteiger partial charge in [0.2, 0.25) is 0 Å². The summed E-state index contributed by atoms with van der Waals surface area (Å²) in [6.07, 6.45) is 2.80. The Labute approximate surface area is 182 Å². The molecule has 1 amide bonds. The highest BCUT2D eigenvalue weighted by Gasteiger charge is 2.20. The molecule has 0 spiro atoms. The van der Waals surface area contributed by atoms with Gasteiger partial charge in [-0.3, -0.25) is 0 Å². The second-order valence-electron chi connectivity index (χ2n) is 7.82. The van der Waals surface area contributed by atoms with Crippen LogP contribution in [-0.2, 0) is 6.42 Å². The molecule has 2 N–H and O–H groups in total. The molecular formula is C25H28N2O4. The van der Waals surface area contributed by atoms with E-state index in [0.717, 1.165) is 29.6 Å². The van der Waals surface area contributed by atoms with Crippen LogP contribution in [-0.4, -0.2) is 48.4 Å². The molecule has 0 atom stereocenters. The van der Waals surface area contributed by atoms with E-state index in [1.54, 1.807) is 14.2 Å². The smallest absolute Gasteiger partial charge is 0.407 e. The van der Waals surface area contributed by atoms with Crippen molar-refractivity contribution in [3.8, 4) is 22.8 Å². The van der Waals surface area contributed by atoms with E-state index >= 15 is 0 Å². The van der Waals surface area contributed by atoms with Crippen molar-refractivity contribution in [2.75, 3.05) is 27.3 Å². The van der Waals surface area contributed by atoms with Gasteiger partial charge in [0.05, 0.1) is 14.2 Å². The van der Waals surface area contributed by atoms with E-state index in [2.05, 4.69) is 31.0 Å². The molecule has 6 nitrogen and oxygen atoms in total. The number of ether oxygens (including phenoxy) is 2. The van der Waals surface area contributed by atoms with E-state index in [-0.39, 0.29) is 0 Å². The first-order chi connectivity index (χ1) is 15.0. The summed E-state index contributed by atoms with van der Waals surface area (Å²) in [7, 11) is 3.28.